The lowest BCUT2D eigenvalue weighted by Gasteiger charge is -2.01. The molecule has 1 N–H and O–H groups in total. The first-order chi connectivity index (χ1) is 4.33. The average Bonchev–Trinajstić information content (AvgIpc) is 2.17. The molecule has 1 fully saturated rings. The maximum absolute atomic E-state index is 10.6. The minimum absolute atomic E-state index is 0.202. The van der Waals surface area contributed by atoms with E-state index < -0.39 is 0 Å². The van der Waals surface area contributed by atoms with E-state index in [0.717, 1.165) is 25.8 Å². The predicted molar refractivity (Wildman–Crippen MR) is 35.7 cm³/mol. The van der Waals surface area contributed by atoms with Crippen molar-refractivity contribution in [1.82, 2.24) is 5.32 Å². The number of hydrogen-bond acceptors (Lipinski definition) is 1. The van der Waals surface area contributed by atoms with Gasteiger partial charge < -0.3 is 5.32 Å². The van der Waals surface area contributed by atoms with Gasteiger partial charge in [0.2, 0.25) is 5.91 Å². The topological polar surface area (TPSA) is 29.1 Å². The summed E-state index contributed by atoms with van der Waals surface area (Å²) in [6, 6.07) is 0. The van der Waals surface area contributed by atoms with E-state index in [4.69, 9.17) is 0 Å². The molecule has 9 heavy (non-hydrogen) atoms. The van der Waals surface area contributed by atoms with Crippen LogP contribution in [0.1, 0.15) is 19.3 Å². The molecule has 1 radical (unpaired) electrons. The van der Waals surface area contributed by atoms with Crippen molar-refractivity contribution in [2.24, 2.45) is 5.92 Å². The van der Waals surface area contributed by atoms with Crippen molar-refractivity contribution in [3.63, 3.8) is 0 Å². The third-order valence-electron chi connectivity index (χ3n) is 1.67. The molecule has 2 heteroatoms. The summed E-state index contributed by atoms with van der Waals surface area (Å²) >= 11 is 0. The Morgan fingerprint density at radius 1 is 1.78 bits per heavy atom. The lowest BCUT2D eigenvalue weighted by Crippen LogP contribution is -2.13. The highest BCUT2D eigenvalue weighted by atomic mass is 16.1. The van der Waals surface area contributed by atoms with Crippen LogP contribution < -0.4 is 5.32 Å². The fraction of sp³-hybridized carbons (Fsp3) is 0.714. The molecule has 0 bridgehead atoms. The molecule has 0 aromatic rings. The summed E-state index contributed by atoms with van der Waals surface area (Å²) in [5.41, 5.74) is 0. The summed E-state index contributed by atoms with van der Waals surface area (Å²) < 4.78 is 0. The van der Waals surface area contributed by atoms with Crippen molar-refractivity contribution in [3.05, 3.63) is 6.92 Å². The third kappa shape index (κ3) is 1.70. The zero-order valence-electron chi connectivity index (χ0n) is 5.52. The molecule has 2 nitrogen and oxygen atoms in total. The van der Waals surface area contributed by atoms with Crippen LogP contribution in [0.3, 0.4) is 0 Å². The minimum Gasteiger partial charge on any atom is -0.356 e. The fourth-order valence-electron chi connectivity index (χ4n) is 1.16. The molecule has 1 unspecified atom stereocenters. The molecule has 0 aromatic heterocycles. The van der Waals surface area contributed by atoms with Crippen LogP contribution in [0.4, 0.5) is 0 Å². The standard InChI is InChI=1S/C7H12NO/c1-2-3-6-4-7(9)8-5-6/h6H,1-5H2,(H,8,9). The fourth-order valence-corrected chi connectivity index (χ4v) is 1.16. The maximum atomic E-state index is 10.6. The molecule has 1 heterocycles. The smallest absolute Gasteiger partial charge is 0.220 e. The van der Waals surface area contributed by atoms with Crippen molar-refractivity contribution >= 4 is 5.91 Å². The number of nitrogens with one attached hydrogen (secondary N) is 1. The van der Waals surface area contributed by atoms with E-state index in [1.165, 1.54) is 0 Å². The van der Waals surface area contributed by atoms with Crippen molar-refractivity contribution < 1.29 is 4.79 Å². The van der Waals surface area contributed by atoms with Gasteiger partial charge in [0.1, 0.15) is 0 Å². The first kappa shape index (κ1) is 6.59. The number of rotatable bonds is 2. The van der Waals surface area contributed by atoms with Gasteiger partial charge in [-0.05, 0) is 12.3 Å². The first-order valence-electron chi connectivity index (χ1n) is 3.39. The molecule has 1 atom stereocenters. The molecule has 0 aromatic carbocycles. The van der Waals surface area contributed by atoms with Crippen LogP contribution >= 0.6 is 0 Å². The predicted octanol–water partition coefficient (Wildman–Crippen LogP) is 0.737. The summed E-state index contributed by atoms with van der Waals surface area (Å²) in [4.78, 5) is 10.6. The van der Waals surface area contributed by atoms with E-state index in [1.807, 2.05) is 0 Å². The van der Waals surface area contributed by atoms with Gasteiger partial charge in [-0.25, -0.2) is 0 Å². The largest absolute Gasteiger partial charge is 0.356 e. The van der Waals surface area contributed by atoms with Crippen LogP contribution in [0.15, 0.2) is 0 Å². The van der Waals surface area contributed by atoms with Crippen LogP contribution in [-0.2, 0) is 4.79 Å². The number of carbonyl (C=O) groups excluding carboxylic acids is 1. The van der Waals surface area contributed by atoms with Crippen molar-refractivity contribution in [2.75, 3.05) is 6.54 Å². The summed E-state index contributed by atoms with van der Waals surface area (Å²) in [6.07, 6.45) is 2.74. The first-order valence-corrected chi connectivity index (χ1v) is 3.39. The van der Waals surface area contributed by atoms with Gasteiger partial charge in [-0.1, -0.05) is 13.3 Å². The van der Waals surface area contributed by atoms with Crippen molar-refractivity contribution in [1.29, 1.82) is 0 Å². The number of hydrogen-bond donors (Lipinski definition) is 1. The number of carbonyl (C=O) groups is 1. The maximum Gasteiger partial charge on any atom is 0.220 e. The van der Waals surface area contributed by atoms with E-state index in [-0.39, 0.29) is 5.91 Å². The van der Waals surface area contributed by atoms with E-state index in [1.54, 1.807) is 0 Å². The molecule has 1 aliphatic heterocycles. The van der Waals surface area contributed by atoms with E-state index in [0.29, 0.717) is 5.92 Å². The molecule has 1 aliphatic rings. The van der Waals surface area contributed by atoms with Crippen LogP contribution in [0.5, 0.6) is 0 Å². The second-order valence-corrected chi connectivity index (χ2v) is 2.52. The normalized spacial score (nSPS) is 26.3. The average molecular weight is 126 g/mol. The molecule has 0 saturated carbocycles. The number of amides is 1. The lowest BCUT2D eigenvalue weighted by atomic mass is 10.0. The highest BCUT2D eigenvalue weighted by molar-refractivity contribution is 5.78. The molecule has 0 aliphatic carbocycles. The van der Waals surface area contributed by atoms with Gasteiger partial charge in [0.05, 0.1) is 0 Å². The van der Waals surface area contributed by atoms with Gasteiger partial charge in [-0.2, -0.15) is 0 Å². The molecule has 1 saturated heterocycles. The Labute approximate surface area is 55.6 Å². The summed E-state index contributed by atoms with van der Waals surface area (Å²) in [5.74, 6) is 0.767. The van der Waals surface area contributed by atoms with Gasteiger partial charge in [0.15, 0.2) is 0 Å². The molecular formula is C7H12NO. The van der Waals surface area contributed by atoms with E-state index in [2.05, 4.69) is 12.2 Å². The Bertz CT molecular complexity index is 111. The van der Waals surface area contributed by atoms with E-state index >= 15 is 0 Å². The third-order valence-corrected chi connectivity index (χ3v) is 1.67. The van der Waals surface area contributed by atoms with Gasteiger partial charge in [0.25, 0.3) is 0 Å². The lowest BCUT2D eigenvalue weighted by molar-refractivity contribution is -0.119. The summed E-state index contributed by atoms with van der Waals surface area (Å²) in [7, 11) is 0. The Hall–Kier alpha value is -0.530. The van der Waals surface area contributed by atoms with Crippen LogP contribution in [0.25, 0.3) is 0 Å². The van der Waals surface area contributed by atoms with Gasteiger partial charge in [-0.15, -0.1) is 0 Å². The molecule has 51 valence electrons. The highest BCUT2D eigenvalue weighted by Crippen LogP contribution is 2.13. The molecular weight excluding hydrogens is 114 g/mol. The zero-order valence-corrected chi connectivity index (χ0v) is 5.52. The quantitative estimate of drug-likeness (QED) is 0.580. The Kier molecular flexibility index (Phi) is 2.09. The van der Waals surface area contributed by atoms with Gasteiger partial charge >= 0.3 is 0 Å². The van der Waals surface area contributed by atoms with Crippen LogP contribution in [0, 0.1) is 12.8 Å². The van der Waals surface area contributed by atoms with Crippen molar-refractivity contribution in [2.45, 2.75) is 19.3 Å². The highest BCUT2D eigenvalue weighted by Gasteiger charge is 2.19. The monoisotopic (exact) mass is 126 g/mol. The Morgan fingerprint density at radius 3 is 3.00 bits per heavy atom. The second kappa shape index (κ2) is 2.85. The Balaban J connectivity index is 2.22. The zero-order chi connectivity index (χ0) is 6.69. The van der Waals surface area contributed by atoms with Crippen LogP contribution in [0.2, 0.25) is 0 Å². The van der Waals surface area contributed by atoms with Crippen LogP contribution in [-0.4, -0.2) is 12.5 Å². The second-order valence-electron chi connectivity index (χ2n) is 2.52. The minimum atomic E-state index is 0.202. The SMILES string of the molecule is [CH2]CCC1CNC(=O)C1. The molecule has 1 amide bonds. The molecule has 1 rings (SSSR count). The van der Waals surface area contributed by atoms with Crippen molar-refractivity contribution in [3.8, 4) is 0 Å². The summed E-state index contributed by atoms with van der Waals surface area (Å²) in [5, 5.41) is 2.79. The summed E-state index contributed by atoms with van der Waals surface area (Å²) in [6.45, 7) is 4.60. The van der Waals surface area contributed by atoms with E-state index in [9.17, 15) is 4.79 Å². The molecule has 0 spiro atoms. The van der Waals surface area contributed by atoms with Gasteiger partial charge in [0, 0.05) is 13.0 Å². The van der Waals surface area contributed by atoms with Gasteiger partial charge in [-0.3, -0.25) is 4.79 Å². The Morgan fingerprint density at radius 2 is 2.56 bits per heavy atom.